The molecule has 17 heavy (non-hydrogen) atoms. The third-order valence-corrected chi connectivity index (χ3v) is 3.44. The van der Waals surface area contributed by atoms with E-state index in [1.165, 1.54) is 5.56 Å². The summed E-state index contributed by atoms with van der Waals surface area (Å²) in [6, 6.07) is 2.00. The number of nitrogens with one attached hydrogen (secondary N) is 1. The minimum atomic E-state index is 0.756. The largest absolute Gasteiger partial charge is 0.329 e. The maximum absolute atomic E-state index is 5.35. The van der Waals surface area contributed by atoms with Crippen LogP contribution >= 0.6 is 12.2 Å². The number of aromatic nitrogens is 3. The van der Waals surface area contributed by atoms with Crippen LogP contribution in [0.4, 0.5) is 0 Å². The van der Waals surface area contributed by atoms with E-state index in [1.807, 2.05) is 12.3 Å². The molecule has 2 heterocycles. The molecular formula is C12H18N4S. The summed E-state index contributed by atoms with van der Waals surface area (Å²) in [5.41, 5.74) is 3.19. The van der Waals surface area contributed by atoms with Gasteiger partial charge >= 0.3 is 0 Å². The zero-order valence-corrected chi connectivity index (χ0v) is 11.3. The van der Waals surface area contributed by atoms with Crippen LogP contribution in [-0.4, -0.2) is 39.6 Å². The number of hydrogen-bond acceptors (Lipinski definition) is 3. The lowest BCUT2D eigenvalue weighted by molar-refractivity contribution is 0.336. The minimum Gasteiger partial charge on any atom is -0.329 e. The molecule has 0 radical (unpaired) electrons. The van der Waals surface area contributed by atoms with Crippen molar-refractivity contribution in [1.29, 1.82) is 0 Å². The van der Waals surface area contributed by atoms with Crippen molar-refractivity contribution in [1.82, 2.24) is 19.4 Å². The van der Waals surface area contributed by atoms with Crippen LogP contribution in [0.1, 0.15) is 12.5 Å². The number of nitrogens with zero attached hydrogens (tertiary/aromatic N) is 3. The highest BCUT2D eigenvalue weighted by Crippen LogP contribution is 2.15. The summed E-state index contributed by atoms with van der Waals surface area (Å²) in [4.78, 5) is 9.91. The van der Waals surface area contributed by atoms with Crippen LogP contribution in [0, 0.1) is 11.7 Å². The van der Waals surface area contributed by atoms with Crippen molar-refractivity contribution >= 4 is 23.4 Å². The maximum atomic E-state index is 5.35. The Morgan fingerprint density at radius 3 is 3.00 bits per heavy atom. The molecule has 0 unspecified atom stereocenters. The molecule has 2 aromatic rings. The zero-order chi connectivity index (χ0) is 12.4. The van der Waals surface area contributed by atoms with E-state index >= 15 is 0 Å². The quantitative estimate of drug-likeness (QED) is 0.846. The van der Waals surface area contributed by atoms with Gasteiger partial charge in [0.1, 0.15) is 0 Å². The molecule has 0 aliphatic carbocycles. The van der Waals surface area contributed by atoms with Crippen molar-refractivity contribution in [2.75, 3.05) is 20.1 Å². The second-order valence-electron chi connectivity index (χ2n) is 4.30. The van der Waals surface area contributed by atoms with Gasteiger partial charge in [0.2, 0.25) is 0 Å². The average molecular weight is 250 g/mol. The molecule has 0 atom stereocenters. The molecule has 0 aliphatic rings. The molecule has 0 fully saturated rings. The number of likely N-dealkylation sites (N-methyl/N-ethyl adjacent to an activating group) is 1. The summed E-state index contributed by atoms with van der Waals surface area (Å²) >= 11 is 5.35. The normalized spacial score (nSPS) is 11.5. The maximum Gasteiger partial charge on any atom is 0.179 e. The SMILES string of the molecule is CCN(C)CCn1c(=S)[nH]c2c(C)ccnc21. The van der Waals surface area contributed by atoms with Crippen molar-refractivity contribution in [3.05, 3.63) is 22.6 Å². The van der Waals surface area contributed by atoms with Gasteiger partial charge in [0.25, 0.3) is 0 Å². The zero-order valence-electron chi connectivity index (χ0n) is 10.5. The number of pyridine rings is 1. The molecule has 0 spiro atoms. The van der Waals surface area contributed by atoms with E-state index in [-0.39, 0.29) is 0 Å². The molecule has 2 aromatic heterocycles. The molecule has 0 bridgehead atoms. The lowest BCUT2D eigenvalue weighted by Gasteiger charge is -2.13. The third-order valence-electron chi connectivity index (χ3n) is 3.12. The van der Waals surface area contributed by atoms with E-state index in [0.29, 0.717) is 0 Å². The fraction of sp³-hybridized carbons (Fsp3) is 0.500. The van der Waals surface area contributed by atoms with Crippen LogP contribution < -0.4 is 0 Å². The average Bonchev–Trinajstić information content (AvgIpc) is 2.64. The van der Waals surface area contributed by atoms with Gasteiger partial charge in [-0.1, -0.05) is 6.92 Å². The molecule has 4 nitrogen and oxygen atoms in total. The Labute approximate surface area is 106 Å². The summed E-state index contributed by atoms with van der Waals surface area (Å²) in [5.74, 6) is 0. The van der Waals surface area contributed by atoms with Crippen molar-refractivity contribution in [3.63, 3.8) is 0 Å². The first kappa shape index (κ1) is 12.3. The number of fused-ring (bicyclic) bond motifs is 1. The number of hydrogen-bond donors (Lipinski definition) is 1. The number of rotatable bonds is 4. The first-order chi connectivity index (χ1) is 8.13. The molecule has 5 heteroatoms. The van der Waals surface area contributed by atoms with Gasteiger partial charge in [-0.05, 0) is 44.4 Å². The van der Waals surface area contributed by atoms with Crippen molar-refractivity contribution < 1.29 is 0 Å². The Hall–Kier alpha value is -1.20. The summed E-state index contributed by atoms with van der Waals surface area (Å²) < 4.78 is 2.83. The Morgan fingerprint density at radius 2 is 2.29 bits per heavy atom. The van der Waals surface area contributed by atoms with Crippen molar-refractivity contribution in [3.8, 4) is 0 Å². The van der Waals surface area contributed by atoms with E-state index in [9.17, 15) is 0 Å². The summed E-state index contributed by atoms with van der Waals surface area (Å²) in [7, 11) is 2.11. The summed E-state index contributed by atoms with van der Waals surface area (Å²) in [6.07, 6.45) is 1.83. The fourth-order valence-corrected chi connectivity index (χ4v) is 2.09. The summed E-state index contributed by atoms with van der Waals surface area (Å²) in [6.45, 7) is 7.11. The smallest absolute Gasteiger partial charge is 0.179 e. The number of imidazole rings is 1. The highest BCUT2D eigenvalue weighted by atomic mass is 32.1. The Bertz CT molecular complexity index is 569. The predicted octanol–water partition coefficient (Wildman–Crippen LogP) is 2.35. The molecule has 92 valence electrons. The first-order valence-corrected chi connectivity index (χ1v) is 6.27. The van der Waals surface area contributed by atoms with Crippen LogP contribution in [0.5, 0.6) is 0 Å². The predicted molar refractivity (Wildman–Crippen MR) is 72.8 cm³/mol. The van der Waals surface area contributed by atoms with E-state index in [1.54, 1.807) is 0 Å². The molecule has 0 aromatic carbocycles. The van der Waals surface area contributed by atoms with E-state index in [0.717, 1.165) is 35.6 Å². The lowest BCUT2D eigenvalue weighted by Crippen LogP contribution is -2.22. The topological polar surface area (TPSA) is 36.9 Å². The second kappa shape index (κ2) is 4.98. The summed E-state index contributed by atoms with van der Waals surface area (Å²) in [5, 5.41) is 0. The van der Waals surface area contributed by atoms with Gasteiger partial charge in [-0.2, -0.15) is 0 Å². The van der Waals surface area contributed by atoms with Crippen LogP contribution in [0.25, 0.3) is 11.2 Å². The number of H-pyrrole nitrogens is 1. The molecule has 1 N–H and O–H groups in total. The Balaban J connectivity index is 2.37. The van der Waals surface area contributed by atoms with Gasteiger partial charge in [0, 0.05) is 19.3 Å². The molecule has 0 saturated heterocycles. The van der Waals surface area contributed by atoms with E-state index < -0.39 is 0 Å². The molecule has 0 saturated carbocycles. The number of aromatic amines is 1. The highest BCUT2D eigenvalue weighted by Gasteiger charge is 2.07. The highest BCUT2D eigenvalue weighted by molar-refractivity contribution is 7.71. The van der Waals surface area contributed by atoms with Gasteiger partial charge in [-0.25, -0.2) is 4.98 Å². The van der Waals surface area contributed by atoms with Gasteiger partial charge in [-0.15, -0.1) is 0 Å². The second-order valence-corrected chi connectivity index (χ2v) is 4.69. The fourth-order valence-electron chi connectivity index (χ4n) is 1.81. The lowest BCUT2D eigenvalue weighted by atomic mass is 10.3. The van der Waals surface area contributed by atoms with E-state index in [4.69, 9.17) is 12.2 Å². The van der Waals surface area contributed by atoms with Crippen molar-refractivity contribution in [2.24, 2.45) is 0 Å². The molecule has 2 rings (SSSR count). The Kier molecular flexibility index (Phi) is 3.59. The molecule has 0 amide bonds. The molecule has 0 aliphatic heterocycles. The van der Waals surface area contributed by atoms with Gasteiger partial charge < -0.3 is 14.5 Å². The third kappa shape index (κ3) is 2.40. The molecular weight excluding hydrogens is 232 g/mol. The van der Waals surface area contributed by atoms with Crippen LogP contribution in [0.3, 0.4) is 0 Å². The van der Waals surface area contributed by atoms with Crippen LogP contribution in [0.15, 0.2) is 12.3 Å². The van der Waals surface area contributed by atoms with Gasteiger partial charge in [0.15, 0.2) is 10.4 Å². The first-order valence-electron chi connectivity index (χ1n) is 5.86. The minimum absolute atomic E-state index is 0.756. The standard InChI is InChI=1S/C12H18N4S/c1-4-15(3)7-8-16-11-10(14-12(16)17)9(2)5-6-13-11/h5-6H,4,7-8H2,1-3H3,(H,14,17). The van der Waals surface area contributed by atoms with Crippen molar-refractivity contribution in [2.45, 2.75) is 20.4 Å². The van der Waals surface area contributed by atoms with Crippen LogP contribution in [-0.2, 0) is 6.54 Å². The van der Waals surface area contributed by atoms with Gasteiger partial charge in [0.05, 0.1) is 5.52 Å². The van der Waals surface area contributed by atoms with E-state index in [2.05, 4.69) is 40.3 Å². The Morgan fingerprint density at radius 1 is 1.53 bits per heavy atom. The van der Waals surface area contributed by atoms with Gasteiger partial charge in [-0.3, -0.25) is 0 Å². The van der Waals surface area contributed by atoms with Crippen LogP contribution in [0.2, 0.25) is 0 Å². The number of aryl methyl sites for hydroxylation is 1. The monoisotopic (exact) mass is 250 g/mol.